The molecule has 0 aromatic rings. The molecule has 1 rings (SSSR count). The maximum atomic E-state index is 5.53. The second kappa shape index (κ2) is 5.99. The van der Waals surface area contributed by atoms with Gasteiger partial charge in [-0.15, -0.1) is 0 Å². The van der Waals surface area contributed by atoms with Crippen molar-refractivity contribution in [1.82, 2.24) is 5.32 Å². The molecule has 1 N–H and O–H groups in total. The van der Waals surface area contributed by atoms with Crippen LogP contribution in [0.5, 0.6) is 0 Å². The summed E-state index contributed by atoms with van der Waals surface area (Å²) in [6.45, 7) is 6.38. The highest BCUT2D eigenvalue weighted by Crippen LogP contribution is 2.12. The predicted octanol–water partition coefficient (Wildman–Crippen LogP) is 2.32. The molecule has 2 nitrogen and oxygen atoms in total. The van der Waals surface area contributed by atoms with Crippen LogP contribution in [-0.4, -0.2) is 30.1 Å². The third-order valence-electron chi connectivity index (χ3n) is 2.40. The molecule has 3 unspecified atom stereocenters. The van der Waals surface area contributed by atoms with Gasteiger partial charge in [0.05, 0.1) is 6.10 Å². The fourth-order valence-corrected chi connectivity index (χ4v) is 2.27. The van der Waals surface area contributed by atoms with Gasteiger partial charge in [-0.25, -0.2) is 0 Å². The van der Waals surface area contributed by atoms with E-state index in [1.807, 2.05) is 0 Å². The summed E-state index contributed by atoms with van der Waals surface area (Å²) in [4.78, 5) is 0.597. The van der Waals surface area contributed by atoms with Crippen LogP contribution in [0.4, 0.5) is 0 Å². The van der Waals surface area contributed by atoms with Crippen LogP contribution in [0.1, 0.15) is 33.1 Å². The minimum atomic E-state index is 0.466. The zero-order valence-corrected chi connectivity index (χ0v) is 10.1. The second-order valence-corrected chi connectivity index (χ2v) is 5.52. The van der Waals surface area contributed by atoms with E-state index >= 15 is 0 Å². The Kier molecular flexibility index (Phi) is 5.29. The SMILES string of the molecule is CC(Br)CC(C)NCC1CCCO1. The molecule has 0 spiro atoms. The molecular formula is C10H20BrNO. The normalized spacial score (nSPS) is 27.5. The van der Waals surface area contributed by atoms with Crippen molar-refractivity contribution >= 4 is 15.9 Å². The number of rotatable bonds is 5. The van der Waals surface area contributed by atoms with Crippen LogP contribution in [0, 0.1) is 0 Å². The highest BCUT2D eigenvalue weighted by atomic mass is 79.9. The van der Waals surface area contributed by atoms with Gasteiger partial charge in [0.15, 0.2) is 0 Å². The molecule has 0 saturated carbocycles. The van der Waals surface area contributed by atoms with Gasteiger partial charge in [-0.1, -0.05) is 22.9 Å². The van der Waals surface area contributed by atoms with Crippen molar-refractivity contribution < 1.29 is 4.74 Å². The quantitative estimate of drug-likeness (QED) is 0.756. The van der Waals surface area contributed by atoms with Crippen molar-refractivity contribution in [3.05, 3.63) is 0 Å². The molecule has 0 radical (unpaired) electrons. The van der Waals surface area contributed by atoms with Gasteiger partial charge in [0.2, 0.25) is 0 Å². The van der Waals surface area contributed by atoms with Crippen LogP contribution >= 0.6 is 15.9 Å². The summed E-state index contributed by atoms with van der Waals surface area (Å²) in [5, 5.41) is 3.50. The van der Waals surface area contributed by atoms with Crippen LogP contribution in [0.3, 0.4) is 0 Å². The Morgan fingerprint density at radius 1 is 1.54 bits per heavy atom. The topological polar surface area (TPSA) is 21.3 Å². The highest BCUT2D eigenvalue weighted by Gasteiger charge is 2.16. The van der Waals surface area contributed by atoms with E-state index in [2.05, 4.69) is 35.1 Å². The third kappa shape index (κ3) is 4.99. The monoisotopic (exact) mass is 249 g/mol. The standard InChI is InChI=1S/C10H20BrNO/c1-8(11)6-9(2)12-7-10-4-3-5-13-10/h8-10,12H,3-7H2,1-2H3. The lowest BCUT2D eigenvalue weighted by molar-refractivity contribution is 0.107. The molecule has 1 aliphatic heterocycles. The summed E-state index contributed by atoms with van der Waals surface area (Å²) in [5.41, 5.74) is 0. The van der Waals surface area contributed by atoms with Crippen molar-refractivity contribution in [2.24, 2.45) is 0 Å². The maximum Gasteiger partial charge on any atom is 0.0700 e. The summed E-state index contributed by atoms with van der Waals surface area (Å²) < 4.78 is 5.53. The van der Waals surface area contributed by atoms with Crippen molar-refractivity contribution in [1.29, 1.82) is 0 Å². The molecule has 0 aromatic heterocycles. The number of ether oxygens (including phenoxy) is 1. The Labute approximate surface area is 89.5 Å². The van der Waals surface area contributed by atoms with Gasteiger partial charge in [-0.05, 0) is 26.2 Å². The van der Waals surface area contributed by atoms with Gasteiger partial charge in [-0.3, -0.25) is 0 Å². The largest absolute Gasteiger partial charge is 0.377 e. The first-order valence-electron chi connectivity index (χ1n) is 5.17. The molecule has 1 fully saturated rings. The van der Waals surface area contributed by atoms with Crippen molar-refractivity contribution in [2.45, 2.75) is 50.1 Å². The van der Waals surface area contributed by atoms with Gasteiger partial charge in [-0.2, -0.15) is 0 Å². The van der Waals surface area contributed by atoms with Crippen molar-refractivity contribution in [3.63, 3.8) is 0 Å². The Balaban J connectivity index is 2.03. The number of hydrogen-bond acceptors (Lipinski definition) is 2. The lowest BCUT2D eigenvalue weighted by Crippen LogP contribution is -2.34. The fourth-order valence-electron chi connectivity index (χ4n) is 1.71. The molecule has 0 aliphatic carbocycles. The first kappa shape index (κ1) is 11.5. The molecule has 0 amide bonds. The molecule has 1 aliphatic rings. The number of halogens is 1. The summed E-state index contributed by atoms with van der Waals surface area (Å²) in [5.74, 6) is 0. The van der Waals surface area contributed by atoms with E-state index in [1.54, 1.807) is 0 Å². The minimum absolute atomic E-state index is 0.466. The van der Waals surface area contributed by atoms with Crippen molar-refractivity contribution in [3.8, 4) is 0 Å². The number of alkyl halides is 1. The van der Waals surface area contributed by atoms with Gasteiger partial charge in [0, 0.05) is 24.0 Å². The summed E-state index contributed by atoms with van der Waals surface area (Å²) in [6.07, 6.45) is 4.10. The smallest absolute Gasteiger partial charge is 0.0700 e. The predicted molar refractivity (Wildman–Crippen MR) is 59.4 cm³/mol. The second-order valence-electron chi connectivity index (χ2n) is 3.96. The Morgan fingerprint density at radius 2 is 2.31 bits per heavy atom. The zero-order chi connectivity index (χ0) is 9.68. The average Bonchev–Trinajstić information content (AvgIpc) is 2.51. The molecule has 0 bridgehead atoms. The van der Waals surface area contributed by atoms with Gasteiger partial charge in [0.1, 0.15) is 0 Å². The first-order chi connectivity index (χ1) is 6.18. The summed E-state index contributed by atoms with van der Waals surface area (Å²) in [7, 11) is 0. The average molecular weight is 250 g/mol. The molecule has 13 heavy (non-hydrogen) atoms. The minimum Gasteiger partial charge on any atom is -0.377 e. The fraction of sp³-hybridized carbons (Fsp3) is 1.00. The lowest BCUT2D eigenvalue weighted by atomic mass is 10.2. The van der Waals surface area contributed by atoms with E-state index in [0.29, 0.717) is 17.0 Å². The van der Waals surface area contributed by atoms with Crippen molar-refractivity contribution in [2.75, 3.05) is 13.2 Å². The first-order valence-corrected chi connectivity index (χ1v) is 6.09. The van der Waals surface area contributed by atoms with E-state index in [9.17, 15) is 0 Å². The molecule has 3 atom stereocenters. The lowest BCUT2D eigenvalue weighted by Gasteiger charge is -2.17. The highest BCUT2D eigenvalue weighted by molar-refractivity contribution is 9.09. The zero-order valence-electron chi connectivity index (χ0n) is 8.55. The van der Waals surface area contributed by atoms with Crippen LogP contribution in [-0.2, 0) is 4.74 Å². The molecule has 3 heteroatoms. The van der Waals surface area contributed by atoms with Gasteiger partial charge in [0.25, 0.3) is 0 Å². The Bertz CT molecular complexity index is 135. The van der Waals surface area contributed by atoms with Crippen LogP contribution in [0.15, 0.2) is 0 Å². The molecule has 78 valence electrons. The number of hydrogen-bond donors (Lipinski definition) is 1. The van der Waals surface area contributed by atoms with E-state index in [-0.39, 0.29) is 0 Å². The van der Waals surface area contributed by atoms with E-state index in [4.69, 9.17) is 4.74 Å². The summed E-state index contributed by atoms with van der Waals surface area (Å²) in [6, 6.07) is 0.582. The summed E-state index contributed by atoms with van der Waals surface area (Å²) >= 11 is 3.56. The van der Waals surface area contributed by atoms with Crippen LogP contribution in [0.25, 0.3) is 0 Å². The van der Waals surface area contributed by atoms with Crippen LogP contribution < -0.4 is 5.32 Å². The molecule has 0 aromatic carbocycles. The molecular weight excluding hydrogens is 230 g/mol. The van der Waals surface area contributed by atoms with Gasteiger partial charge < -0.3 is 10.1 Å². The van der Waals surface area contributed by atoms with Crippen LogP contribution in [0.2, 0.25) is 0 Å². The third-order valence-corrected chi connectivity index (χ3v) is 2.77. The van der Waals surface area contributed by atoms with E-state index < -0.39 is 0 Å². The van der Waals surface area contributed by atoms with Gasteiger partial charge >= 0.3 is 0 Å². The van der Waals surface area contributed by atoms with E-state index in [0.717, 1.165) is 13.2 Å². The Morgan fingerprint density at radius 3 is 2.85 bits per heavy atom. The number of nitrogens with one attached hydrogen (secondary N) is 1. The molecule has 1 saturated heterocycles. The maximum absolute atomic E-state index is 5.53. The Hall–Kier alpha value is 0.400. The molecule has 1 heterocycles. The van der Waals surface area contributed by atoms with E-state index in [1.165, 1.54) is 19.3 Å².